The topological polar surface area (TPSA) is 9.86 Å². The molecule has 0 saturated carbocycles. The van der Waals surface area contributed by atoms with E-state index in [4.69, 9.17) is 0 Å². The number of thiophene rings is 2. The monoisotopic (exact) mass is 744 g/mol. The van der Waals surface area contributed by atoms with Gasteiger partial charge in [-0.05, 0) is 95.4 Å². The Bertz CT molecular complexity index is 2480. The van der Waals surface area contributed by atoms with Crippen LogP contribution >= 0.6 is 22.7 Å². The average molecular weight is 745 g/mol. The van der Waals surface area contributed by atoms with Crippen molar-refractivity contribution in [1.29, 1.82) is 0 Å². The molecule has 0 aliphatic carbocycles. The molecular formula is C50H52N2S2. The van der Waals surface area contributed by atoms with Crippen LogP contribution in [0.5, 0.6) is 0 Å². The number of aromatic nitrogens is 2. The molecule has 4 heterocycles. The molecule has 0 radical (unpaired) electrons. The van der Waals surface area contributed by atoms with E-state index in [9.17, 15) is 0 Å². The minimum atomic E-state index is 1.09. The number of unbranched alkanes of at least 4 members (excludes halogenated alkanes) is 10. The fraction of sp³-hybridized carbons (Fsp3) is 0.320. The molecule has 0 atom stereocenters. The molecular weight excluding hydrogens is 693 g/mol. The number of hydrogen-bond acceptors (Lipinski definition) is 2. The number of aryl methyl sites for hydroxylation is 2. The number of hydrogen-bond donors (Lipinski definition) is 0. The summed E-state index contributed by atoms with van der Waals surface area (Å²) in [6.07, 6.45) is 15.9. The predicted octanol–water partition coefficient (Wildman–Crippen LogP) is 16.4. The van der Waals surface area contributed by atoms with Gasteiger partial charge in [-0.1, -0.05) is 127 Å². The summed E-state index contributed by atoms with van der Waals surface area (Å²) in [7, 11) is 0. The zero-order valence-electron chi connectivity index (χ0n) is 32.0. The van der Waals surface area contributed by atoms with Crippen LogP contribution in [0.1, 0.15) is 90.9 Å². The SMILES string of the molecule is CCCCCCCCn1c2ccccc2c2cc(-c3cc4cc5sc(-c6ccc7c(c6)c6ccccc6n7CCCCCCCC)cc5cc4s3)ccc21. The number of para-hydroxylation sites is 2. The summed E-state index contributed by atoms with van der Waals surface area (Å²) in [6, 6.07) is 42.0. The van der Waals surface area contributed by atoms with Crippen molar-refractivity contribution in [1.82, 2.24) is 9.13 Å². The molecule has 0 spiro atoms. The van der Waals surface area contributed by atoms with Crippen LogP contribution in [0.4, 0.5) is 0 Å². The lowest BCUT2D eigenvalue weighted by Gasteiger charge is -2.08. The summed E-state index contributed by atoms with van der Waals surface area (Å²) in [4.78, 5) is 2.70. The third-order valence-electron chi connectivity index (χ3n) is 11.7. The van der Waals surface area contributed by atoms with Crippen molar-refractivity contribution >= 4 is 86.5 Å². The number of rotatable bonds is 16. The molecule has 0 fully saturated rings. The Balaban J connectivity index is 0.989. The third kappa shape index (κ3) is 6.77. The minimum absolute atomic E-state index is 1.09. The van der Waals surface area contributed by atoms with Crippen molar-refractivity contribution in [2.45, 2.75) is 104 Å². The maximum absolute atomic E-state index is 2.57. The van der Waals surface area contributed by atoms with Crippen LogP contribution in [0.2, 0.25) is 0 Å². The van der Waals surface area contributed by atoms with Gasteiger partial charge in [-0.3, -0.25) is 0 Å². The first kappa shape index (κ1) is 35.3. The van der Waals surface area contributed by atoms with Crippen molar-refractivity contribution < 1.29 is 0 Å². The smallest absolute Gasteiger partial charge is 0.0491 e. The van der Waals surface area contributed by atoms with E-state index in [0.29, 0.717) is 0 Å². The third-order valence-corrected chi connectivity index (χ3v) is 14.0. The molecule has 4 heteroatoms. The van der Waals surface area contributed by atoms with Crippen molar-refractivity contribution in [3.8, 4) is 20.9 Å². The van der Waals surface area contributed by atoms with Gasteiger partial charge >= 0.3 is 0 Å². The molecule has 0 N–H and O–H groups in total. The van der Waals surface area contributed by atoms with Gasteiger partial charge in [0.2, 0.25) is 0 Å². The summed E-state index contributed by atoms with van der Waals surface area (Å²) >= 11 is 3.85. The van der Waals surface area contributed by atoms with E-state index in [1.54, 1.807) is 0 Å². The fourth-order valence-corrected chi connectivity index (χ4v) is 11.0. The summed E-state index contributed by atoms with van der Waals surface area (Å²) in [5.74, 6) is 0. The molecule has 54 heavy (non-hydrogen) atoms. The second-order valence-corrected chi connectivity index (χ2v) is 17.7. The van der Waals surface area contributed by atoms with Crippen LogP contribution in [0.3, 0.4) is 0 Å². The lowest BCUT2D eigenvalue weighted by atomic mass is 10.1. The molecule has 0 amide bonds. The van der Waals surface area contributed by atoms with Gasteiger partial charge in [0.25, 0.3) is 0 Å². The van der Waals surface area contributed by atoms with Gasteiger partial charge in [0, 0.05) is 75.9 Å². The predicted molar refractivity (Wildman–Crippen MR) is 241 cm³/mol. The summed E-state index contributed by atoms with van der Waals surface area (Å²) in [5, 5.41) is 8.17. The molecule has 9 aromatic rings. The van der Waals surface area contributed by atoms with Gasteiger partial charge in [-0.25, -0.2) is 0 Å². The second-order valence-electron chi connectivity index (χ2n) is 15.5. The van der Waals surface area contributed by atoms with Crippen LogP contribution in [-0.4, -0.2) is 9.13 Å². The summed E-state index contributed by atoms with van der Waals surface area (Å²) in [5.41, 5.74) is 8.09. The Morgan fingerprint density at radius 2 is 0.796 bits per heavy atom. The van der Waals surface area contributed by atoms with E-state index in [1.165, 1.54) is 162 Å². The molecule has 0 unspecified atom stereocenters. The summed E-state index contributed by atoms with van der Waals surface area (Å²) in [6.45, 7) is 6.77. The zero-order chi connectivity index (χ0) is 36.4. The minimum Gasteiger partial charge on any atom is -0.340 e. The van der Waals surface area contributed by atoms with Gasteiger partial charge < -0.3 is 9.13 Å². The van der Waals surface area contributed by atoms with Gasteiger partial charge in [0.05, 0.1) is 0 Å². The highest BCUT2D eigenvalue weighted by Crippen LogP contribution is 2.43. The molecule has 4 aromatic heterocycles. The van der Waals surface area contributed by atoms with Gasteiger partial charge in [-0.15, -0.1) is 22.7 Å². The Hall–Kier alpha value is -4.38. The highest BCUT2D eigenvalue weighted by Gasteiger charge is 2.16. The molecule has 0 aliphatic rings. The lowest BCUT2D eigenvalue weighted by molar-refractivity contribution is 0.571. The summed E-state index contributed by atoms with van der Waals surface area (Å²) < 4.78 is 7.86. The largest absolute Gasteiger partial charge is 0.340 e. The molecule has 9 rings (SSSR count). The maximum atomic E-state index is 2.57. The zero-order valence-corrected chi connectivity index (χ0v) is 33.6. The first-order valence-electron chi connectivity index (χ1n) is 20.7. The van der Waals surface area contributed by atoms with Crippen LogP contribution < -0.4 is 0 Å². The number of benzene rings is 5. The Labute approximate surface area is 328 Å². The number of fused-ring (bicyclic) bond motifs is 8. The lowest BCUT2D eigenvalue weighted by Crippen LogP contribution is -1.97. The van der Waals surface area contributed by atoms with E-state index < -0.39 is 0 Å². The normalized spacial score (nSPS) is 12.2. The molecule has 0 bridgehead atoms. The van der Waals surface area contributed by atoms with E-state index in [1.807, 2.05) is 22.7 Å². The Kier molecular flexibility index (Phi) is 10.3. The van der Waals surface area contributed by atoms with Crippen molar-refractivity contribution in [2.24, 2.45) is 0 Å². The highest BCUT2D eigenvalue weighted by atomic mass is 32.1. The van der Waals surface area contributed by atoms with E-state index in [0.717, 1.165) is 13.1 Å². The van der Waals surface area contributed by atoms with Crippen LogP contribution in [0.15, 0.2) is 109 Å². The Morgan fingerprint density at radius 3 is 1.26 bits per heavy atom. The number of nitrogens with zero attached hydrogens (tertiary/aromatic N) is 2. The Morgan fingerprint density at radius 1 is 0.389 bits per heavy atom. The fourth-order valence-electron chi connectivity index (χ4n) is 8.85. The van der Waals surface area contributed by atoms with Crippen LogP contribution in [-0.2, 0) is 13.1 Å². The van der Waals surface area contributed by atoms with Crippen molar-refractivity contribution in [2.75, 3.05) is 0 Å². The second kappa shape index (κ2) is 15.8. The maximum Gasteiger partial charge on any atom is 0.0491 e. The van der Waals surface area contributed by atoms with E-state index in [2.05, 4.69) is 132 Å². The van der Waals surface area contributed by atoms with Gasteiger partial charge in [-0.2, -0.15) is 0 Å². The first-order chi connectivity index (χ1) is 26.7. The van der Waals surface area contributed by atoms with Crippen LogP contribution in [0, 0.1) is 0 Å². The standard InChI is InChI=1S/C50H52N2S2/c1-3-5-7-9-11-17-27-51-43-21-15-13-19-39(43)41-29-35(23-25-45(41)51)47-31-37-33-50-38(34-49(37)53-47)32-48(54-50)36-24-26-46-42(30-36)40-20-14-16-22-44(40)52(46)28-18-12-10-8-6-4-2/h13-16,19-26,29-34H,3-12,17-18,27-28H2,1-2H3. The molecule has 274 valence electrons. The average Bonchev–Trinajstić information content (AvgIpc) is 3.97. The van der Waals surface area contributed by atoms with E-state index in [-0.39, 0.29) is 0 Å². The quantitative estimate of drug-likeness (QED) is 0.0872. The van der Waals surface area contributed by atoms with Crippen LogP contribution in [0.25, 0.3) is 84.7 Å². The molecule has 0 saturated heterocycles. The van der Waals surface area contributed by atoms with E-state index >= 15 is 0 Å². The van der Waals surface area contributed by atoms with Crippen molar-refractivity contribution in [3.05, 3.63) is 109 Å². The molecule has 5 aromatic carbocycles. The molecule has 0 aliphatic heterocycles. The van der Waals surface area contributed by atoms with Gasteiger partial charge in [0.15, 0.2) is 0 Å². The highest BCUT2D eigenvalue weighted by molar-refractivity contribution is 7.23. The van der Waals surface area contributed by atoms with Gasteiger partial charge in [0.1, 0.15) is 0 Å². The molecule has 2 nitrogen and oxygen atoms in total. The van der Waals surface area contributed by atoms with Crippen molar-refractivity contribution in [3.63, 3.8) is 0 Å². The first-order valence-corrected chi connectivity index (χ1v) is 22.3.